The molecule has 1 aromatic carbocycles. The SMILES string of the molecule is CN1CCN(c2ccnc3c(F)cc(F)cc23)CC1CCO. The van der Waals surface area contributed by atoms with Gasteiger partial charge < -0.3 is 10.0 Å². The van der Waals surface area contributed by atoms with Gasteiger partial charge in [-0.15, -0.1) is 0 Å². The molecule has 1 fully saturated rings. The molecule has 0 bridgehead atoms. The molecule has 1 aromatic heterocycles. The zero-order valence-electron chi connectivity index (χ0n) is 12.5. The van der Waals surface area contributed by atoms with E-state index in [1.54, 1.807) is 12.3 Å². The van der Waals surface area contributed by atoms with E-state index in [1.165, 1.54) is 6.07 Å². The second-order valence-electron chi connectivity index (χ2n) is 5.71. The topological polar surface area (TPSA) is 39.6 Å². The third-order valence-electron chi connectivity index (χ3n) is 4.32. The zero-order chi connectivity index (χ0) is 15.7. The number of aliphatic hydroxyl groups is 1. The first kappa shape index (κ1) is 15.1. The van der Waals surface area contributed by atoms with Crippen LogP contribution in [0.3, 0.4) is 0 Å². The van der Waals surface area contributed by atoms with Gasteiger partial charge in [0.05, 0.1) is 0 Å². The number of aliphatic hydroxyl groups excluding tert-OH is 1. The number of benzene rings is 1. The van der Waals surface area contributed by atoms with Crippen molar-refractivity contribution in [2.24, 2.45) is 0 Å². The Bertz CT molecular complexity index is 680. The van der Waals surface area contributed by atoms with Gasteiger partial charge in [-0.1, -0.05) is 0 Å². The van der Waals surface area contributed by atoms with Gasteiger partial charge >= 0.3 is 0 Å². The molecule has 0 aliphatic carbocycles. The Hall–Kier alpha value is -1.79. The molecule has 1 atom stereocenters. The molecule has 1 unspecified atom stereocenters. The molecule has 2 heterocycles. The second-order valence-corrected chi connectivity index (χ2v) is 5.71. The fraction of sp³-hybridized carbons (Fsp3) is 0.438. The molecule has 0 saturated carbocycles. The summed E-state index contributed by atoms with van der Waals surface area (Å²) in [6.07, 6.45) is 2.23. The molecule has 0 spiro atoms. The highest BCUT2D eigenvalue weighted by molar-refractivity contribution is 5.92. The molecular formula is C16H19F2N3O. The maximum Gasteiger partial charge on any atom is 0.152 e. The van der Waals surface area contributed by atoms with Crippen molar-refractivity contribution in [3.8, 4) is 0 Å². The Kier molecular flexibility index (Phi) is 4.22. The standard InChI is InChI=1S/C16H19F2N3O/c1-20-5-6-21(10-12(20)3-7-22)15-2-4-19-16-13(15)8-11(17)9-14(16)18/h2,4,8-9,12,22H,3,5-7,10H2,1H3. The fourth-order valence-corrected chi connectivity index (χ4v) is 3.07. The lowest BCUT2D eigenvalue weighted by atomic mass is 10.1. The highest BCUT2D eigenvalue weighted by Crippen LogP contribution is 2.29. The summed E-state index contributed by atoms with van der Waals surface area (Å²) < 4.78 is 27.5. The van der Waals surface area contributed by atoms with E-state index in [0.29, 0.717) is 18.4 Å². The molecule has 1 N–H and O–H groups in total. The molecule has 22 heavy (non-hydrogen) atoms. The number of hydrogen-bond acceptors (Lipinski definition) is 4. The van der Waals surface area contributed by atoms with Crippen LogP contribution in [0.1, 0.15) is 6.42 Å². The molecule has 4 nitrogen and oxygen atoms in total. The minimum Gasteiger partial charge on any atom is -0.396 e. The third-order valence-corrected chi connectivity index (χ3v) is 4.32. The highest BCUT2D eigenvalue weighted by atomic mass is 19.1. The average molecular weight is 307 g/mol. The molecule has 1 aliphatic rings. The van der Waals surface area contributed by atoms with Crippen molar-refractivity contribution in [1.82, 2.24) is 9.88 Å². The zero-order valence-corrected chi connectivity index (χ0v) is 12.5. The van der Waals surface area contributed by atoms with Crippen molar-refractivity contribution in [3.63, 3.8) is 0 Å². The summed E-state index contributed by atoms with van der Waals surface area (Å²) in [4.78, 5) is 8.35. The van der Waals surface area contributed by atoms with E-state index in [2.05, 4.69) is 14.8 Å². The van der Waals surface area contributed by atoms with Gasteiger partial charge in [0.25, 0.3) is 0 Å². The van der Waals surface area contributed by atoms with Crippen molar-refractivity contribution in [3.05, 3.63) is 36.0 Å². The monoisotopic (exact) mass is 307 g/mol. The fourth-order valence-electron chi connectivity index (χ4n) is 3.07. The first-order valence-electron chi connectivity index (χ1n) is 7.40. The van der Waals surface area contributed by atoms with Crippen molar-refractivity contribution >= 4 is 16.6 Å². The Morgan fingerprint density at radius 1 is 1.32 bits per heavy atom. The molecule has 1 saturated heterocycles. The van der Waals surface area contributed by atoms with E-state index < -0.39 is 11.6 Å². The molecule has 2 aromatic rings. The lowest BCUT2D eigenvalue weighted by molar-refractivity contribution is 0.171. The summed E-state index contributed by atoms with van der Waals surface area (Å²) in [5.41, 5.74) is 0.982. The number of nitrogens with zero attached hydrogens (tertiary/aromatic N) is 3. The molecule has 1 aliphatic heterocycles. The van der Waals surface area contributed by atoms with Crippen LogP contribution in [0.2, 0.25) is 0 Å². The quantitative estimate of drug-likeness (QED) is 0.942. The first-order chi connectivity index (χ1) is 10.6. The van der Waals surface area contributed by atoms with Gasteiger partial charge in [-0.3, -0.25) is 9.88 Å². The predicted octanol–water partition coefficient (Wildman–Crippen LogP) is 2.02. The van der Waals surface area contributed by atoms with Crippen LogP contribution in [-0.4, -0.2) is 54.3 Å². The number of rotatable bonds is 3. The second kappa shape index (κ2) is 6.14. The largest absolute Gasteiger partial charge is 0.396 e. The minimum absolute atomic E-state index is 0.128. The number of piperazine rings is 1. The van der Waals surface area contributed by atoms with Gasteiger partial charge in [0.15, 0.2) is 5.82 Å². The number of likely N-dealkylation sites (N-methyl/N-ethyl adjacent to an activating group) is 1. The normalized spacial score (nSPS) is 19.8. The molecule has 6 heteroatoms. The van der Waals surface area contributed by atoms with Crippen LogP contribution < -0.4 is 4.90 Å². The lowest BCUT2D eigenvalue weighted by Crippen LogP contribution is -2.51. The van der Waals surface area contributed by atoms with Gasteiger partial charge in [0.1, 0.15) is 11.3 Å². The van der Waals surface area contributed by atoms with Crippen LogP contribution in [0, 0.1) is 11.6 Å². The summed E-state index contributed by atoms with van der Waals surface area (Å²) in [5, 5.41) is 9.68. The molecule has 0 amide bonds. The Labute approximate surface area is 128 Å². The van der Waals surface area contributed by atoms with E-state index in [-0.39, 0.29) is 18.2 Å². The molecule has 118 valence electrons. The maximum atomic E-state index is 13.9. The van der Waals surface area contributed by atoms with Crippen molar-refractivity contribution in [2.75, 3.05) is 38.2 Å². The molecule has 0 radical (unpaired) electrons. The van der Waals surface area contributed by atoms with E-state index in [9.17, 15) is 13.9 Å². The maximum absolute atomic E-state index is 13.9. The van der Waals surface area contributed by atoms with E-state index in [0.717, 1.165) is 24.8 Å². The number of fused-ring (bicyclic) bond motifs is 1. The Morgan fingerprint density at radius 2 is 2.14 bits per heavy atom. The van der Waals surface area contributed by atoms with Gasteiger partial charge in [-0.25, -0.2) is 8.78 Å². The lowest BCUT2D eigenvalue weighted by Gasteiger charge is -2.40. The van der Waals surface area contributed by atoms with E-state index in [4.69, 9.17) is 0 Å². The van der Waals surface area contributed by atoms with Crippen molar-refractivity contribution in [2.45, 2.75) is 12.5 Å². The summed E-state index contributed by atoms with van der Waals surface area (Å²) in [5.74, 6) is -1.24. The van der Waals surface area contributed by atoms with E-state index in [1.807, 2.05) is 7.05 Å². The van der Waals surface area contributed by atoms with Crippen LogP contribution in [-0.2, 0) is 0 Å². The first-order valence-corrected chi connectivity index (χ1v) is 7.40. The van der Waals surface area contributed by atoms with Gasteiger partial charge in [-0.05, 0) is 25.6 Å². The predicted molar refractivity (Wildman–Crippen MR) is 82.0 cm³/mol. The van der Waals surface area contributed by atoms with Crippen LogP contribution in [0.25, 0.3) is 10.9 Å². The summed E-state index contributed by atoms with van der Waals surface area (Å²) in [7, 11) is 2.03. The molecular weight excluding hydrogens is 288 g/mol. The van der Waals surface area contributed by atoms with Crippen LogP contribution in [0.4, 0.5) is 14.5 Å². The highest BCUT2D eigenvalue weighted by Gasteiger charge is 2.25. The van der Waals surface area contributed by atoms with Crippen LogP contribution in [0.15, 0.2) is 24.4 Å². The van der Waals surface area contributed by atoms with Crippen molar-refractivity contribution < 1.29 is 13.9 Å². The minimum atomic E-state index is -0.641. The smallest absolute Gasteiger partial charge is 0.152 e. The van der Waals surface area contributed by atoms with Crippen LogP contribution in [0.5, 0.6) is 0 Å². The Balaban J connectivity index is 1.99. The Morgan fingerprint density at radius 3 is 2.91 bits per heavy atom. The number of anilines is 1. The number of halogens is 2. The van der Waals surface area contributed by atoms with E-state index >= 15 is 0 Å². The number of hydrogen-bond donors (Lipinski definition) is 1. The summed E-state index contributed by atoms with van der Waals surface area (Å²) >= 11 is 0. The summed E-state index contributed by atoms with van der Waals surface area (Å²) in [6.45, 7) is 2.46. The summed E-state index contributed by atoms with van der Waals surface area (Å²) in [6, 6.07) is 4.21. The van der Waals surface area contributed by atoms with Crippen LogP contribution >= 0.6 is 0 Å². The molecule has 3 rings (SSSR count). The van der Waals surface area contributed by atoms with Gasteiger partial charge in [0.2, 0.25) is 0 Å². The van der Waals surface area contributed by atoms with Gasteiger partial charge in [-0.2, -0.15) is 0 Å². The van der Waals surface area contributed by atoms with Gasteiger partial charge in [0, 0.05) is 55.6 Å². The third kappa shape index (κ3) is 2.76. The average Bonchev–Trinajstić information content (AvgIpc) is 2.49. The number of pyridine rings is 1. The number of aromatic nitrogens is 1. The van der Waals surface area contributed by atoms with Crippen molar-refractivity contribution in [1.29, 1.82) is 0 Å².